The maximum atomic E-state index is 2.69. The van der Waals surface area contributed by atoms with Crippen molar-refractivity contribution in [1.82, 2.24) is 0 Å². The van der Waals surface area contributed by atoms with E-state index in [-0.39, 0.29) is 0 Å². The van der Waals surface area contributed by atoms with Crippen LogP contribution in [0.2, 0.25) is 0 Å². The number of rotatable bonds is 0. The number of hydrogen-bond donors (Lipinski definition) is 0. The van der Waals surface area contributed by atoms with Gasteiger partial charge in [0.15, 0.2) is 0 Å². The molecule has 92 valence electrons. The van der Waals surface area contributed by atoms with Gasteiger partial charge in [-0.15, -0.1) is 0 Å². The molecule has 5 aliphatic carbocycles. The molecule has 17 heavy (non-hydrogen) atoms. The standard InChI is InChI=1S/C17H24/c1-17-9-13(12-4-2-3-5-14(12)17)15-10-6-7-11(8-10)16(15)17/h6-7,10-16H,2-5,8-9H2,1H3. The fourth-order valence-electron chi connectivity index (χ4n) is 7.48. The Bertz CT molecular complexity index is 395. The van der Waals surface area contributed by atoms with Gasteiger partial charge < -0.3 is 0 Å². The van der Waals surface area contributed by atoms with Crippen LogP contribution in [-0.4, -0.2) is 0 Å². The smallest absolute Gasteiger partial charge is 0.0191 e. The van der Waals surface area contributed by atoms with E-state index in [0.29, 0.717) is 0 Å². The first-order valence-electron chi connectivity index (χ1n) is 7.97. The molecule has 0 heterocycles. The monoisotopic (exact) mass is 228 g/mol. The molecule has 0 aromatic heterocycles. The molecule has 0 amide bonds. The van der Waals surface area contributed by atoms with E-state index in [1.807, 2.05) is 0 Å². The van der Waals surface area contributed by atoms with Gasteiger partial charge in [-0.05, 0) is 72.5 Å². The van der Waals surface area contributed by atoms with Gasteiger partial charge in [0.2, 0.25) is 0 Å². The van der Waals surface area contributed by atoms with Gasteiger partial charge in [0, 0.05) is 0 Å². The van der Waals surface area contributed by atoms with Crippen molar-refractivity contribution in [1.29, 1.82) is 0 Å². The van der Waals surface area contributed by atoms with Crippen molar-refractivity contribution in [3.05, 3.63) is 12.2 Å². The van der Waals surface area contributed by atoms with E-state index in [4.69, 9.17) is 0 Å². The molecule has 8 atom stereocenters. The average Bonchev–Trinajstić information content (AvgIpc) is 3.05. The van der Waals surface area contributed by atoms with E-state index in [9.17, 15) is 0 Å². The summed E-state index contributed by atoms with van der Waals surface area (Å²) in [6.07, 6.45) is 14.5. The van der Waals surface area contributed by atoms with Crippen molar-refractivity contribution in [2.75, 3.05) is 0 Å². The maximum absolute atomic E-state index is 2.69. The highest BCUT2D eigenvalue weighted by atomic mass is 14.7. The Morgan fingerprint density at radius 3 is 2.76 bits per heavy atom. The summed E-state index contributed by atoms with van der Waals surface area (Å²) in [5.74, 6) is 7.60. The summed E-state index contributed by atoms with van der Waals surface area (Å²) < 4.78 is 0. The van der Waals surface area contributed by atoms with Crippen LogP contribution >= 0.6 is 0 Å². The minimum Gasteiger partial charge on any atom is -0.0848 e. The van der Waals surface area contributed by atoms with E-state index < -0.39 is 0 Å². The first-order chi connectivity index (χ1) is 8.29. The quantitative estimate of drug-likeness (QED) is 0.429. The Morgan fingerprint density at radius 1 is 1.00 bits per heavy atom. The summed E-state index contributed by atoms with van der Waals surface area (Å²) in [7, 11) is 0. The van der Waals surface area contributed by atoms with Crippen molar-refractivity contribution < 1.29 is 0 Å². The summed E-state index contributed by atoms with van der Waals surface area (Å²) in [6, 6.07) is 0. The Labute approximate surface area is 105 Å². The average molecular weight is 228 g/mol. The van der Waals surface area contributed by atoms with Crippen molar-refractivity contribution in [3.8, 4) is 0 Å². The van der Waals surface area contributed by atoms with Crippen LogP contribution in [0.3, 0.4) is 0 Å². The normalized spacial score (nSPS) is 66.3. The molecule has 0 radical (unpaired) electrons. The molecular formula is C17H24. The van der Waals surface area contributed by atoms with E-state index in [0.717, 1.165) is 46.8 Å². The summed E-state index contributed by atoms with van der Waals surface area (Å²) >= 11 is 0. The first kappa shape index (κ1) is 9.64. The molecule has 5 aliphatic rings. The van der Waals surface area contributed by atoms with Gasteiger partial charge in [0.05, 0.1) is 0 Å². The predicted octanol–water partition coefficient (Wildman–Crippen LogP) is 4.27. The summed E-state index contributed by atoms with van der Waals surface area (Å²) in [4.78, 5) is 0. The van der Waals surface area contributed by atoms with Crippen LogP contribution < -0.4 is 0 Å². The lowest BCUT2D eigenvalue weighted by Gasteiger charge is -2.49. The Morgan fingerprint density at radius 2 is 1.82 bits per heavy atom. The van der Waals surface area contributed by atoms with Crippen LogP contribution in [0, 0.1) is 46.8 Å². The van der Waals surface area contributed by atoms with Gasteiger partial charge in [0.25, 0.3) is 0 Å². The molecule has 0 heteroatoms. The Hall–Kier alpha value is -0.260. The number of fused-ring (bicyclic) bond motifs is 12. The van der Waals surface area contributed by atoms with Crippen LogP contribution in [0.1, 0.15) is 45.4 Å². The largest absolute Gasteiger partial charge is 0.0848 e. The van der Waals surface area contributed by atoms with E-state index >= 15 is 0 Å². The number of hydrogen-bond acceptors (Lipinski definition) is 0. The van der Waals surface area contributed by atoms with Gasteiger partial charge >= 0.3 is 0 Å². The zero-order valence-corrected chi connectivity index (χ0v) is 10.9. The molecule has 4 fully saturated rings. The topological polar surface area (TPSA) is 0 Å². The zero-order chi connectivity index (χ0) is 11.2. The lowest BCUT2D eigenvalue weighted by Crippen LogP contribution is -2.43. The molecule has 0 aliphatic heterocycles. The Kier molecular flexibility index (Phi) is 1.61. The van der Waals surface area contributed by atoms with Gasteiger partial charge in [-0.1, -0.05) is 31.9 Å². The third-order valence-corrected chi connectivity index (χ3v) is 7.67. The third-order valence-electron chi connectivity index (χ3n) is 7.67. The van der Waals surface area contributed by atoms with Crippen molar-refractivity contribution in [2.45, 2.75) is 45.4 Å². The summed E-state index contributed by atoms with van der Waals surface area (Å²) in [6.45, 7) is 2.69. The summed E-state index contributed by atoms with van der Waals surface area (Å²) in [5.41, 5.74) is 0.755. The highest BCUT2D eigenvalue weighted by Crippen LogP contribution is 2.75. The second kappa shape index (κ2) is 2.83. The first-order valence-corrected chi connectivity index (χ1v) is 7.97. The number of allylic oxidation sites excluding steroid dienone is 2. The second-order valence-electron chi connectivity index (χ2n) is 7.98. The van der Waals surface area contributed by atoms with Crippen LogP contribution in [0.4, 0.5) is 0 Å². The van der Waals surface area contributed by atoms with E-state index in [1.54, 1.807) is 19.3 Å². The minimum absolute atomic E-state index is 0.755. The Balaban J connectivity index is 1.62. The molecule has 0 nitrogen and oxygen atoms in total. The van der Waals surface area contributed by atoms with Crippen LogP contribution in [-0.2, 0) is 0 Å². The summed E-state index contributed by atoms with van der Waals surface area (Å²) in [5, 5.41) is 0. The maximum Gasteiger partial charge on any atom is -0.0191 e. The molecule has 8 unspecified atom stereocenters. The molecular weight excluding hydrogens is 204 g/mol. The third kappa shape index (κ3) is 0.923. The zero-order valence-electron chi connectivity index (χ0n) is 10.9. The SMILES string of the molecule is CC12CC(C3CCCCC31)C1C3C=CC(C3)C12. The lowest BCUT2D eigenvalue weighted by molar-refractivity contribution is 0.00204. The van der Waals surface area contributed by atoms with Crippen molar-refractivity contribution in [2.24, 2.45) is 46.8 Å². The van der Waals surface area contributed by atoms with Crippen LogP contribution in [0.5, 0.6) is 0 Å². The molecule has 5 rings (SSSR count). The highest BCUT2D eigenvalue weighted by molar-refractivity contribution is 5.25. The fraction of sp³-hybridized carbons (Fsp3) is 0.882. The minimum atomic E-state index is 0.755. The van der Waals surface area contributed by atoms with Crippen LogP contribution in [0.15, 0.2) is 12.2 Å². The lowest BCUT2D eigenvalue weighted by atomic mass is 9.55. The fourth-order valence-corrected chi connectivity index (χ4v) is 7.48. The molecule has 0 N–H and O–H groups in total. The molecule has 4 saturated carbocycles. The van der Waals surface area contributed by atoms with Gasteiger partial charge in [-0.25, -0.2) is 0 Å². The van der Waals surface area contributed by atoms with Crippen molar-refractivity contribution in [3.63, 3.8) is 0 Å². The van der Waals surface area contributed by atoms with Gasteiger partial charge in [-0.3, -0.25) is 0 Å². The molecule has 0 aromatic carbocycles. The second-order valence-corrected chi connectivity index (χ2v) is 7.98. The highest BCUT2D eigenvalue weighted by Gasteiger charge is 2.69. The molecule has 0 saturated heterocycles. The van der Waals surface area contributed by atoms with Crippen LogP contribution in [0.25, 0.3) is 0 Å². The molecule has 0 aromatic rings. The molecule has 0 spiro atoms. The van der Waals surface area contributed by atoms with E-state index in [2.05, 4.69) is 19.1 Å². The molecule has 4 bridgehead atoms. The van der Waals surface area contributed by atoms with Crippen molar-refractivity contribution >= 4 is 0 Å². The van der Waals surface area contributed by atoms with Gasteiger partial charge in [0.1, 0.15) is 0 Å². The van der Waals surface area contributed by atoms with E-state index in [1.165, 1.54) is 19.3 Å². The van der Waals surface area contributed by atoms with Gasteiger partial charge in [-0.2, -0.15) is 0 Å². The predicted molar refractivity (Wildman–Crippen MR) is 69.4 cm³/mol.